The molecule has 1 aliphatic rings. The summed E-state index contributed by atoms with van der Waals surface area (Å²) in [4.78, 5) is 0.955. The number of nitriles is 1. The summed E-state index contributed by atoms with van der Waals surface area (Å²) in [5.41, 5.74) is 6.60. The van der Waals surface area contributed by atoms with Gasteiger partial charge in [0.15, 0.2) is 0 Å². The molecule has 1 aromatic rings. The first-order chi connectivity index (χ1) is 8.26. The second kappa shape index (κ2) is 5.44. The number of nitrogens with two attached hydrogens (primary N) is 1. The van der Waals surface area contributed by atoms with Crippen molar-refractivity contribution in [2.24, 2.45) is 5.73 Å². The first-order valence-electron chi connectivity index (χ1n) is 5.75. The van der Waals surface area contributed by atoms with Crippen molar-refractivity contribution in [3.63, 3.8) is 0 Å². The van der Waals surface area contributed by atoms with Gasteiger partial charge in [-0.1, -0.05) is 6.07 Å². The van der Waals surface area contributed by atoms with Gasteiger partial charge in [-0.05, 0) is 37.7 Å². The summed E-state index contributed by atoms with van der Waals surface area (Å²) in [5.74, 6) is 0.668. The maximum absolute atomic E-state index is 9.20. The summed E-state index contributed by atoms with van der Waals surface area (Å²) in [6.45, 7) is 0. The quantitative estimate of drug-likeness (QED) is 0.835. The van der Waals surface area contributed by atoms with Crippen molar-refractivity contribution in [2.75, 3.05) is 6.26 Å². The van der Waals surface area contributed by atoms with E-state index in [4.69, 9.17) is 10.5 Å². The molecule has 17 heavy (non-hydrogen) atoms. The number of nitrogens with zero attached hydrogens (tertiary/aromatic N) is 1. The average molecular weight is 248 g/mol. The number of ether oxygens (including phenoxy) is 1. The normalized spacial score (nSPS) is 23.4. The Kier molecular flexibility index (Phi) is 3.93. The van der Waals surface area contributed by atoms with Crippen LogP contribution in [-0.4, -0.2) is 18.4 Å². The van der Waals surface area contributed by atoms with E-state index in [0.29, 0.717) is 11.3 Å². The highest BCUT2D eigenvalue weighted by Crippen LogP contribution is 2.31. The van der Waals surface area contributed by atoms with E-state index in [9.17, 15) is 5.26 Å². The Bertz CT molecular complexity index is 442. The maximum atomic E-state index is 9.20. The van der Waals surface area contributed by atoms with Gasteiger partial charge in [0.05, 0.1) is 0 Å². The van der Waals surface area contributed by atoms with E-state index in [0.717, 1.165) is 24.2 Å². The number of hydrogen-bond donors (Lipinski definition) is 1. The Morgan fingerprint density at radius 2 is 2.29 bits per heavy atom. The number of thioether (sulfide) groups is 1. The third kappa shape index (κ3) is 2.56. The van der Waals surface area contributed by atoms with Gasteiger partial charge in [-0.3, -0.25) is 0 Å². The van der Waals surface area contributed by atoms with Crippen molar-refractivity contribution in [3.05, 3.63) is 23.8 Å². The fourth-order valence-electron chi connectivity index (χ4n) is 2.15. The van der Waals surface area contributed by atoms with E-state index in [1.807, 2.05) is 24.5 Å². The Morgan fingerprint density at radius 1 is 1.47 bits per heavy atom. The van der Waals surface area contributed by atoms with Crippen LogP contribution in [0.15, 0.2) is 23.1 Å². The van der Waals surface area contributed by atoms with E-state index in [1.165, 1.54) is 0 Å². The van der Waals surface area contributed by atoms with Crippen LogP contribution >= 0.6 is 11.8 Å². The minimum atomic E-state index is 0.0548. The highest BCUT2D eigenvalue weighted by Gasteiger charge is 2.26. The van der Waals surface area contributed by atoms with Gasteiger partial charge < -0.3 is 10.5 Å². The van der Waals surface area contributed by atoms with Gasteiger partial charge in [-0.2, -0.15) is 5.26 Å². The monoisotopic (exact) mass is 248 g/mol. The van der Waals surface area contributed by atoms with Crippen LogP contribution in [0.2, 0.25) is 0 Å². The molecule has 1 saturated carbocycles. The fourth-order valence-corrected chi connectivity index (χ4v) is 2.72. The molecule has 4 heteroatoms. The lowest BCUT2D eigenvalue weighted by Crippen LogP contribution is -2.33. The van der Waals surface area contributed by atoms with Gasteiger partial charge in [-0.25, -0.2) is 0 Å². The van der Waals surface area contributed by atoms with Crippen LogP contribution in [0.1, 0.15) is 24.8 Å². The van der Waals surface area contributed by atoms with Gasteiger partial charge in [0.2, 0.25) is 0 Å². The topological polar surface area (TPSA) is 59.0 Å². The molecule has 1 fully saturated rings. The summed E-state index contributed by atoms with van der Waals surface area (Å²) in [6.07, 6.45) is 5.11. The van der Waals surface area contributed by atoms with E-state index in [-0.39, 0.29) is 12.1 Å². The second-order valence-electron chi connectivity index (χ2n) is 4.20. The minimum absolute atomic E-state index is 0.0548. The maximum Gasteiger partial charge on any atom is 0.138 e. The van der Waals surface area contributed by atoms with Crippen molar-refractivity contribution in [3.8, 4) is 11.8 Å². The lowest BCUT2D eigenvalue weighted by molar-refractivity contribution is 0.190. The molecule has 1 aromatic carbocycles. The Hall–Kier alpha value is -1.18. The molecule has 2 rings (SSSR count). The van der Waals surface area contributed by atoms with Crippen LogP contribution in [-0.2, 0) is 0 Å². The molecule has 1 aliphatic carbocycles. The summed E-state index contributed by atoms with van der Waals surface area (Å²) in [7, 11) is 0. The molecule has 2 unspecified atom stereocenters. The van der Waals surface area contributed by atoms with Crippen molar-refractivity contribution in [1.29, 1.82) is 5.26 Å². The molecular weight excluding hydrogens is 232 g/mol. The zero-order chi connectivity index (χ0) is 12.3. The third-order valence-corrected chi connectivity index (χ3v) is 3.88. The highest BCUT2D eigenvalue weighted by molar-refractivity contribution is 7.98. The van der Waals surface area contributed by atoms with Gasteiger partial charge in [-0.15, -0.1) is 11.8 Å². The molecule has 0 aromatic heterocycles. The molecule has 2 N–H and O–H groups in total. The van der Waals surface area contributed by atoms with Gasteiger partial charge in [0.1, 0.15) is 23.5 Å². The molecule has 3 nitrogen and oxygen atoms in total. The van der Waals surface area contributed by atoms with Gasteiger partial charge >= 0.3 is 0 Å². The van der Waals surface area contributed by atoms with Gasteiger partial charge in [0.25, 0.3) is 0 Å². The Morgan fingerprint density at radius 3 is 2.88 bits per heavy atom. The average Bonchev–Trinajstić information content (AvgIpc) is 2.74. The van der Waals surface area contributed by atoms with Crippen LogP contribution in [0.3, 0.4) is 0 Å². The van der Waals surface area contributed by atoms with Crippen molar-refractivity contribution in [1.82, 2.24) is 0 Å². The molecule has 0 heterocycles. The second-order valence-corrected chi connectivity index (χ2v) is 5.04. The Balaban J connectivity index is 2.23. The minimum Gasteiger partial charge on any atom is -0.487 e. The summed E-state index contributed by atoms with van der Waals surface area (Å²) >= 11 is 1.56. The number of rotatable bonds is 3. The van der Waals surface area contributed by atoms with Crippen molar-refractivity contribution in [2.45, 2.75) is 36.3 Å². The summed E-state index contributed by atoms with van der Waals surface area (Å²) in [5, 5.41) is 9.20. The molecule has 0 radical (unpaired) electrons. The Labute approximate surface area is 106 Å². The molecular formula is C13H16N2OS. The summed E-state index contributed by atoms with van der Waals surface area (Å²) < 4.78 is 5.89. The zero-order valence-corrected chi connectivity index (χ0v) is 10.7. The third-order valence-electron chi connectivity index (χ3n) is 3.10. The molecule has 90 valence electrons. The van der Waals surface area contributed by atoms with Crippen molar-refractivity contribution >= 4 is 11.8 Å². The molecule has 0 saturated heterocycles. The van der Waals surface area contributed by atoms with Crippen LogP contribution in [0, 0.1) is 11.3 Å². The van der Waals surface area contributed by atoms with Crippen LogP contribution in [0.5, 0.6) is 5.75 Å². The molecule has 0 spiro atoms. The standard InChI is InChI=1S/C13H16N2OS/c1-17-13-7-3-5-11(9(13)8-14)16-12-6-2-4-10(12)15/h3,5,7,10,12H,2,4,6,15H2,1H3. The first-order valence-corrected chi connectivity index (χ1v) is 6.98. The molecule has 0 bridgehead atoms. The molecule has 0 amide bonds. The SMILES string of the molecule is CSc1cccc(OC2CCCC2N)c1C#N. The predicted molar refractivity (Wildman–Crippen MR) is 69.2 cm³/mol. The van der Waals surface area contributed by atoms with E-state index in [1.54, 1.807) is 11.8 Å². The lowest BCUT2D eigenvalue weighted by Gasteiger charge is -2.19. The number of benzene rings is 1. The fraction of sp³-hybridized carbons (Fsp3) is 0.462. The molecule has 0 aliphatic heterocycles. The molecule has 2 atom stereocenters. The first kappa shape index (κ1) is 12.3. The van der Waals surface area contributed by atoms with Crippen LogP contribution in [0.4, 0.5) is 0 Å². The van der Waals surface area contributed by atoms with Gasteiger partial charge in [0, 0.05) is 10.9 Å². The highest BCUT2D eigenvalue weighted by atomic mass is 32.2. The van der Waals surface area contributed by atoms with E-state index < -0.39 is 0 Å². The van der Waals surface area contributed by atoms with Crippen LogP contribution in [0.25, 0.3) is 0 Å². The van der Waals surface area contributed by atoms with Crippen molar-refractivity contribution < 1.29 is 4.74 Å². The predicted octanol–water partition coefficient (Wildman–Crippen LogP) is 2.54. The summed E-state index contributed by atoms with van der Waals surface area (Å²) in [6, 6.07) is 8.02. The zero-order valence-electron chi connectivity index (χ0n) is 9.85. The van der Waals surface area contributed by atoms with Crippen LogP contribution < -0.4 is 10.5 Å². The largest absolute Gasteiger partial charge is 0.487 e. The number of hydrogen-bond acceptors (Lipinski definition) is 4. The van der Waals surface area contributed by atoms with E-state index >= 15 is 0 Å². The lowest BCUT2D eigenvalue weighted by atomic mass is 10.2. The smallest absolute Gasteiger partial charge is 0.138 e. The van der Waals surface area contributed by atoms with E-state index in [2.05, 4.69) is 6.07 Å².